The summed E-state index contributed by atoms with van der Waals surface area (Å²) in [4.78, 5) is 14.5. The molecule has 0 unspecified atom stereocenters. The first-order chi connectivity index (χ1) is 6.27. The molecule has 3 heteroatoms. The maximum absolute atomic E-state index is 10.5. The maximum Gasteiger partial charge on any atom is 0.387 e. The molecule has 0 fully saturated rings. The Morgan fingerprint density at radius 1 is 1.23 bits per heavy atom. The number of aromatic nitrogens is 1. The molecular formula is C10H6NO2. The van der Waals surface area contributed by atoms with Crippen molar-refractivity contribution in [2.45, 2.75) is 0 Å². The van der Waals surface area contributed by atoms with Crippen molar-refractivity contribution in [2.75, 3.05) is 0 Å². The highest BCUT2D eigenvalue weighted by Crippen LogP contribution is 2.12. The summed E-state index contributed by atoms with van der Waals surface area (Å²) < 4.78 is 0. The summed E-state index contributed by atoms with van der Waals surface area (Å²) in [6.07, 6.45) is 1.30. The van der Waals surface area contributed by atoms with Crippen molar-refractivity contribution in [1.82, 2.24) is 4.98 Å². The summed E-state index contributed by atoms with van der Waals surface area (Å²) in [7, 11) is 0. The van der Waals surface area contributed by atoms with Crippen LogP contribution in [0.4, 0.5) is 0 Å². The van der Waals surface area contributed by atoms with E-state index in [1.165, 1.54) is 6.20 Å². The van der Waals surface area contributed by atoms with Crippen LogP contribution in [-0.2, 0) is 5.11 Å². The SMILES string of the molecule is [O]C(=O)c1cnc2ccccc2c1. The molecular weight excluding hydrogens is 166 g/mol. The zero-order valence-electron chi connectivity index (χ0n) is 6.73. The quantitative estimate of drug-likeness (QED) is 0.658. The third-order valence-corrected chi connectivity index (χ3v) is 1.83. The van der Waals surface area contributed by atoms with E-state index >= 15 is 0 Å². The molecule has 0 saturated heterocycles. The Morgan fingerprint density at radius 3 is 2.77 bits per heavy atom. The van der Waals surface area contributed by atoms with E-state index < -0.39 is 5.97 Å². The van der Waals surface area contributed by atoms with Gasteiger partial charge in [0.1, 0.15) is 0 Å². The summed E-state index contributed by atoms with van der Waals surface area (Å²) >= 11 is 0. The first-order valence-corrected chi connectivity index (χ1v) is 3.83. The Balaban J connectivity index is 2.69. The number of para-hydroxylation sites is 1. The molecule has 63 valence electrons. The predicted octanol–water partition coefficient (Wildman–Crippen LogP) is 1.81. The molecule has 0 atom stereocenters. The number of carbonyl (C=O) groups is 1. The molecule has 0 aliphatic heterocycles. The zero-order valence-corrected chi connectivity index (χ0v) is 6.73. The van der Waals surface area contributed by atoms with Crippen molar-refractivity contribution >= 4 is 16.9 Å². The van der Waals surface area contributed by atoms with Crippen molar-refractivity contribution < 1.29 is 9.90 Å². The van der Waals surface area contributed by atoms with Crippen molar-refractivity contribution in [3.05, 3.63) is 42.1 Å². The van der Waals surface area contributed by atoms with Crippen LogP contribution in [0.25, 0.3) is 10.9 Å². The van der Waals surface area contributed by atoms with Crippen LogP contribution < -0.4 is 0 Å². The second-order valence-electron chi connectivity index (χ2n) is 2.70. The fourth-order valence-electron chi connectivity index (χ4n) is 1.18. The second-order valence-corrected chi connectivity index (χ2v) is 2.70. The number of carbonyl (C=O) groups excluding carboxylic acids is 1. The highest BCUT2D eigenvalue weighted by atomic mass is 16.4. The monoisotopic (exact) mass is 172 g/mol. The maximum atomic E-state index is 10.5. The molecule has 13 heavy (non-hydrogen) atoms. The minimum Gasteiger partial charge on any atom is -0.255 e. The number of pyridine rings is 1. The van der Waals surface area contributed by atoms with Gasteiger partial charge in [-0.05, 0) is 12.1 Å². The van der Waals surface area contributed by atoms with Crippen LogP contribution in [0.15, 0.2) is 36.5 Å². The molecule has 1 heterocycles. The molecule has 0 amide bonds. The van der Waals surface area contributed by atoms with Crippen LogP contribution in [0.3, 0.4) is 0 Å². The number of hydrogen-bond donors (Lipinski definition) is 0. The average Bonchev–Trinajstić information content (AvgIpc) is 2.17. The van der Waals surface area contributed by atoms with Gasteiger partial charge >= 0.3 is 5.97 Å². The fourth-order valence-corrected chi connectivity index (χ4v) is 1.18. The van der Waals surface area contributed by atoms with E-state index in [1.807, 2.05) is 24.3 Å². The lowest BCUT2D eigenvalue weighted by Gasteiger charge is -1.96. The van der Waals surface area contributed by atoms with Gasteiger partial charge in [-0.2, -0.15) is 0 Å². The van der Waals surface area contributed by atoms with Gasteiger partial charge in [-0.1, -0.05) is 18.2 Å². The Bertz CT molecular complexity index is 465. The topological polar surface area (TPSA) is 49.9 Å². The Labute approximate surface area is 74.7 Å². The largest absolute Gasteiger partial charge is 0.387 e. The van der Waals surface area contributed by atoms with E-state index in [0.29, 0.717) is 0 Å². The standard InChI is InChI=1S/C10H6NO2/c12-10(13)8-5-7-3-1-2-4-9(7)11-6-8/h1-6H. The summed E-state index contributed by atoms with van der Waals surface area (Å²) in [5.74, 6) is -1.20. The van der Waals surface area contributed by atoms with E-state index in [9.17, 15) is 9.90 Å². The molecule has 0 aliphatic rings. The predicted molar refractivity (Wildman–Crippen MR) is 46.8 cm³/mol. The van der Waals surface area contributed by atoms with Crippen LogP contribution in [0.1, 0.15) is 10.4 Å². The molecule has 0 bridgehead atoms. The van der Waals surface area contributed by atoms with Gasteiger partial charge in [0.05, 0.1) is 11.1 Å². The van der Waals surface area contributed by atoms with Crippen LogP contribution >= 0.6 is 0 Å². The van der Waals surface area contributed by atoms with Gasteiger partial charge in [0.2, 0.25) is 0 Å². The second kappa shape index (κ2) is 2.86. The Morgan fingerprint density at radius 2 is 2.00 bits per heavy atom. The minimum absolute atomic E-state index is 0.110. The van der Waals surface area contributed by atoms with E-state index in [1.54, 1.807) is 6.07 Å². The number of fused-ring (bicyclic) bond motifs is 1. The third-order valence-electron chi connectivity index (χ3n) is 1.83. The summed E-state index contributed by atoms with van der Waals surface area (Å²) in [6, 6.07) is 8.89. The minimum atomic E-state index is -1.20. The van der Waals surface area contributed by atoms with Crippen molar-refractivity contribution in [3.63, 3.8) is 0 Å². The van der Waals surface area contributed by atoms with Gasteiger partial charge in [0.15, 0.2) is 0 Å². The zero-order chi connectivity index (χ0) is 9.26. The lowest BCUT2D eigenvalue weighted by Crippen LogP contribution is -1.94. The Hall–Kier alpha value is -1.90. The third kappa shape index (κ3) is 1.36. The fraction of sp³-hybridized carbons (Fsp3) is 0. The average molecular weight is 172 g/mol. The van der Waals surface area contributed by atoms with Crippen LogP contribution in [0.5, 0.6) is 0 Å². The van der Waals surface area contributed by atoms with E-state index in [0.717, 1.165) is 10.9 Å². The lowest BCUT2D eigenvalue weighted by molar-refractivity contribution is 0.0573. The van der Waals surface area contributed by atoms with Gasteiger partial charge in [0.25, 0.3) is 0 Å². The van der Waals surface area contributed by atoms with E-state index in [4.69, 9.17) is 0 Å². The summed E-state index contributed by atoms with van der Waals surface area (Å²) in [6.45, 7) is 0. The molecule has 0 spiro atoms. The molecule has 2 rings (SSSR count). The number of hydrogen-bond acceptors (Lipinski definition) is 2. The molecule has 3 nitrogen and oxygen atoms in total. The number of nitrogens with zero attached hydrogens (tertiary/aromatic N) is 1. The number of benzene rings is 1. The molecule has 0 N–H and O–H groups in total. The van der Waals surface area contributed by atoms with Gasteiger partial charge in [-0.15, -0.1) is 0 Å². The van der Waals surface area contributed by atoms with Crippen LogP contribution in [0.2, 0.25) is 0 Å². The van der Waals surface area contributed by atoms with Crippen molar-refractivity contribution in [2.24, 2.45) is 0 Å². The highest BCUT2D eigenvalue weighted by molar-refractivity contribution is 5.92. The molecule has 0 aliphatic carbocycles. The first kappa shape index (κ1) is 7.73. The van der Waals surface area contributed by atoms with E-state index in [-0.39, 0.29) is 5.56 Å². The lowest BCUT2D eigenvalue weighted by atomic mass is 10.2. The van der Waals surface area contributed by atoms with Crippen molar-refractivity contribution in [3.8, 4) is 0 Å². The molecule has 1 radical (unpaired) electrons. The summed E-state index contributed by atoms with van der Waals surface area (Å²) in [5, 5.41) is 11.3. The smallest absolute Gasteiger partial charge is 0.255 e. The molecule has 0 saturated carbocycles. The van der Waals surface area contributed by atoms with Crippen molar-refractivity contribution in [1.29, 1.82) is 0 Å². The van der Waals surface area contributed by atoms with Crippen LogP contribution in [-0.4, -0.2) is 11.0 Å². The van der Waals surface area contributed by atoms with E-state index in [2.05, 4.69) is 4.98 Å². The summed E-state index contributed by atoms with van der Waals surface area (Å²) in [5.41, 5.74) is 0.895. The molecule has 1 aromatic carbocycles. The van der Waals surface area contributed by atoms with Crippen LogP contribution in [0, 0.1) is 0 Å². The van der Waals surface area contributed by atoms with Gasteiger partial charge in [0, 0.05) is 11.6 Å². The molecule has 1 aromatic heterocycles. The van der Waals surface area contributed by atoms with Gasteiger partial charge in [-0.25, -0.2) is 9.90 Å². The Kier molecular flexibility index (Phi) is 1.70. The highest BCUT2D eigenvalue weighted by Gasteiger charge is 2.05. The number of rotatable bonds is 1. The van der Waals surface area contributed by atoms with Gasteiger partial charge in [-0.3, -0.25) is 4.98 Å². The molecule has 2 aromatic rings. The normalized spacial score (nSPS) is 10.2. The van der Waals surface area contributed by atoms with Gasteiger partial charge < -0.3 is 0 Å². The first-order valence-electron chi connectivity index (χ1n) is 3.83.